The number of hydrogen-bond acceptors (Lipinski definition) is 4. The van der Waals surface area contributed by atoms with Crippen LogP contribution in [0.2, 0.25) is 5.02 Å². The van der Waals surface area contributed by atoms with E-state index in [0.29, 0.717) is 28.8 Å². The monoisotopic (exact) mass is 293 g/mol. The van der Waals surface area contributed by atoms with Crippen LogP contribution in [0.1, 0.15) is 17.4 Å². The van der Waals surface area contributed by atoms with E-state index in [2.05, 4.69) is 10.4 Å². The van der Waals surface area contributed by atoms with Crippen molar-refractivity contribution in [1.82, 2.24) is 9.78 Å². The van der Waals surface area contributed by atoms with Crippen molar-refractivity contribution in [3.8, 4) is 11.5 Å². The number of nitrogens with zero attached hydrogens (tertiary/aromatic N) is 2. The average Bonchev–Trinajstić information content (AvgIpc) is 3.04. The third-order valence-electron chi connectivity index (χ3n) is 2.89. The van der Waals surface area contributed by atoms with E-state index in [9.17, 15) is 4.79 Å². The molecule has 1 N–H and O–H groups in total. The van der Waals surface area contributed by atoms with Crippen molar-refractivity contribution in [1.29, 1.82) is 0 Å². The van der Waals surface area contributed by atoms with Crippen molar-refractivity contribution in [3.63, 3.8) is 0 Å². The van der Waals surface area contributed by atoms with Gasteiger partial charge in [0.1, 0.15) is 0 Å². The molecular weight excluding hydrogens is 282 g/mol. The fourth-order valence-corrected chi connectivity index (χ4v) is 2.11. The molecule has 1 amide bonds. The minimum atomic E-state index is -0.360. The molecular formula is C13H12ClN3O3. The number of aryl methyl sites for hydroxylation is 1. The minimum Gasteiger partial charge on any atom is -0.454 e. The summed E-state index contributed by atoms with van der Waals surface area (Å²) in [7, 11) is 0. The molecule has 0 radical (unpaired) electrons. The smallest absolute Gasteiger partial charge is 0.277 e. The maximum Gasteiger partial charge on any atom is 0.277 e. The number of anilines is 1. The maximum absolute atomic E-state index is 12.1. The zero-order valence-corrected chi connectivity index (χ0v) is 11.5. The number of ether oxygens (including phenoxy) is 2. The Bertz CT molecular complexity index is 669. The van der Waals surface area contributed by atoms with E-state index in [0.717, 1.165) is 0 Å². The lowest BCUT2D eigenvalue weighted by Crippen LogP contribution is -2.13. The van der Waals surface area contributed by atoms with Gasteiger partial charge in [0.2, 0.25) is 6.79 Å². The van der Waals surface area contributed by atoms with Crippen LogP contribution in [0, 0.1) is 0 Å². The van der Waals surface area contributed by atoms with E-state index in [1.165, 1.54) is 0 Å². The summed E-state index contributed by atoms with van der Waals surface area (Å²) in [6.07, 6.45) is 1.62. The Kier molecular flexibility index (Phi) is 3.23. The normalized spacial score (nSPS) is 12.5. The molecule has 1 aromatic carbocycles. The zero-order chi connectivity index (χ0) is 14.1. The van der Waals surface area contributed by atoms with Gasteiger partial charge in [-0.1, -0.05) is 11.6 Å². The predicted molar refractivity (Wildman–Crippen MR) is 73.4 cm³/mol. The highest BCUT2D eigenvalue weighted by Crippen LogP contribution is 2.34. The van der Waals surface area contributed by atoms with Gasteiger partial charge in [-0.15, -0.1) is 0 Å². The van der Waals surface area contributed by atoms with Crippen molar-refractivity contribution >= 4 is 23.2 Å². The Morgan fingerprint density at radius 2 is 2.25 bits per heavy atom. The van der Waals surface area contributed by atoms with Crippen LogP contribution < -0.4 is 14.8 Å². The second-order valence-corrected chi connectivity index (χ2v) is 4.61. The SMILES string of the molecule is CCn1cc(Cl)c(C(=O)Nc2ccc3c(c2)OCO3)n1. The van der Waals surface area contributed by atoms with Crippen molar-refractivity contribution in [2.45, 2.75) is 13.5 Å². The quantitative estimate of drug-likeness (QED) is 0.944. The highest BCUT2D eigenvalue weighted by molar-refractivity contribution is 6.34. The first-order valence-electron chi connectivity index (χ1n) is 6.11. The van der Waals surface area contributed by atoms with E-state index >= 15 is 0 Å². The fourth-order valence-electron chi connectivity index (χ4n) is 1.88. The van der Waals surface area contributed by atoms with Gasteiger partial charge in [-0.2, -0.15) is 5.10 Å². The maximum atomic E-state index is 12.1. The molecule has 0 fully saturated rings. The summed E-state index contributed by atoms with van der Waals surface area (Å²) in [4.78, 5) is 12.1. The van der Waals surface area contributed by atoms with E-state index in [1.54, 1.807) is 29.1 Å². The molecule has 6 nitrogen and oxygen atoms in total. The minimum absolute atomic E-state index is 0.194. The molecule has 1 aliphatic rings. The van der Waals surface area contributed by atoms with E-state index in [4.69, 9.17) is 21.1 Å². The summed E-state index contributed by atoms with van der Waals surface area (Å²) in [6, 6.07) is 5.17. The standard InChI is InChI=1S/C13H12ClN3O3/c1-2-17-6-9(14)12(16-17)13(18)15-8-3-4-10-11(5-8)20-7-19-10/h3-6H,2,7H2,1H3,(H,15,18). The van der Waals surface area contributed by atoms with Gasteiger partial charge >= 0.3 is 0 Å². The van der Waals surface area contributed by atoms with Gasteiger partial charge < -0.3 is 14.8 Å². The average molecular weight is 294 g/mol. The number of amides is 1. The number of hydrogen-bond donors (Lipinski definition) is 1. The number of rotatable bonds is 3. The molecule has 104 valence electrons. The Hall–Kier alpha value is -2.21. The highest BCUT2D eigenvalue weighted by atomic mass is 35.5. The molecule has 0 saturated heterocycles. The van der Waals surface area contributed by atoms with E-state index in [-0.39, 0.29) is 18.4 Å². The Morgan fingerprint density at radius 3 is 3.00 bits per heavy atom. The Morgan fingerprint density at radius 1 is 1.45 bits per heavy atom. The lowest BCUT2D eigenvalue weighted by atomic mass is 10.2. The van der Waals surface area contributed by atoms with Gasteiger partial charge in [0.15, 0.2) is 17.2 Å². The number of fused-ring (bicyclic) bond motifs is 1. The molecule has 2 aromatic rings. The van der Waals surface area contributed by atoms with Crippen LogP contribution in [0.25, 0.3) is 0 Å². The topological polar surface area (TPSA) is 65.4 Å². The number of carbonyl (C=O) groups excluding carboxylic acids is 1. The van der Waals surface area contributed by atoms with Crippen LogP contribution in [0.4, 0.5) is 5.69 Å². The van der Waals surface area contributed by atoms with Crippen LogP contribution in [0.5, 0.6) is 11.5 Å². The molecule has 0 bridgehead atoms. The van der Waals surface area contributed by atoms with Gasteiger partial charge in [0, 0.05) is 24.5 Å². The van der Waals surface area contributed by atoms with Gasteiger partial charge in [-0.25, -0.2) is 0 Å². The predicted octanol–water partition coefficient (Wildman–Crippen LogP) is 2.54. The van der Waals surface area contributed by atoms with Crippen LogP contribution in [0.15, 0.2) is 24.4 Å². The van der Waals surface area contributed by atoms with Crippen LogP contribution >= 0.6 is 11.6 Å². The second-order valence-electron chi connectivity index (χ2n) is 4.20. The molecule has 0 unspecified atom stereocenters. The molecule has 20 heavy (non-hydrogen) atoms. The Balaban J connectivity index is 1.80. The van der Waals surface area contributed by atoms with Gasteiger partial charge in [-0.05, 0) is 19.1 Å². The first kappa shape index (κ1) is 12.8. The van der Waals surface area contributed by atoms with Crippen LogP contribution in [-0.4, -0.2) is 22.5 Å². The number of halogens is 1. The van der Waals surface area contributed by atoms with Gasteiger partial charge in [0.25, 0.3) is 5.91 Å². The third-order valence-corrected chi connectivity index (χ3v) is 3.16. The lowest BCUT2D eigenvalue weighted by Gasteiger charge is -2.04. The number of aromatic nitrogens is 2. The van der Waals surface area contributed by atoms with Crippen molar-refractivity contribution < 1.29 is 14.3 Å². The molecule has 1 aliphatic heterocycles. The lowest BCUT2D eigenvalue weighted by molar-refractivity contribution is 0.102. The fraction of sp³-hybridized carbons (Fsp3) is 0.231. The summed E-state index contributed by atoms with van der Waals surface area (Å²) in [5, 5.41) is 7.17. The van der Waals surface area contributed by atoms with E-state index in [1.807, 2.05) is 6.92 Å². The van der Waals surface area contributed by atoms with Crippen molar-refractivity contribution in [2.24, 2.45) is 0 Å². The largest absolute Gasteiger partial charge is 0.454 e. The molecule has 0 aliphatic carbocycles. The zero-order valence-electron chi connectivity index (χ0n) is 10.7. The summed E-state index contributed by atoms with van der Waals surface area (Å²) < 4.78 is 12.1. The summed E-state index contributed by atoms with van der Waals surface area (Å²) >= 11 is 5.99. The summed E-state index contributed by atoms with van der Waals surface area (Å²) in [5.41, 5.74) is 0.799. The van der Waals surface area contributed by atoms with Gasteiger partial charge in [-0.3, -0.25) is 9.48 Å². The molecule has 3 rings (SSSR count). The third kappa shape index (κ3) is 2.30. The Labute approximate surface area is 120 Å². The second kappa shape index (κ2) is 5.05. The van der Waals surface area contributed by atoms with E-state index < -0.39 is 0 Å². The first-order valence-corrected chi connectivity index (χ1v) is 6.49. The molecule has 2 heterocycles. The van der Waals surface area contributed by atoms with Gasteiger partial charge in [0.05, 0.1) is 5.02 Å². The summed E-state index contributed by atoms with van der Waals surface area (Å²) in [6.45, 7) is 2.76. The molecule has 0 atom stereocenters. The number of nitrogens with one attached hydrogen (secondary N) is 1. The first-order chi connectivity index (χ1) is 9.67. The number of benzene rings is 1. The highest BCUT2D eigenvalue weighted by Gasteiger charge is 2.18. The summed E-state index contributed by atoms with van der Waals surface area (Å²) in [5.74, 6) is 0.908. The number of carbonyl (C=O) groups is 1. The van der Waals surface area contributed by atoms with Crippen molar-refractivity contribution in [2.75, 3.05) is 12.1 Å². The molecule has 0 saturated carbocycles. The van der Waals surface area contributed by atoms with Crippen LogP contribution in [0.3, 0.4) is 0 Å². The van der Waals surface area contributed by atoms with Crippen LogP contribution in [-0.2, 0) is 6.54 Å². The molecule has 0 spiro atoms. The molecule has 1 aromatic heterocycles. The molecule has 7 heteroatoms. The van der Waals surface area contributed by atoms with Crippen molar-refractivity contribution in [3.05, 3.63) is 35.1 Å².